The predicted octanol–water partition coefficient (Wildman–Crippen LogP) is 2.21. The Morgan fingerprint density at radius 3 is 2.94 bits per heavy atom. The number of carboxylic acids is 1. The highest BCUT2D eigenvalue weighted by Gasteiger charge is 2.07. The topological polar surface area (TPSA) is 62.5 Å². The number of carbonyl (C=O) groups is 1. The van der Waals surface area contributed by atoms with Crippen molar-refractivity contribution in [2.45, 2.75) is 19.4 Å². The van der Waals surface area contributed by atoms with E-state index in [1.54, 1.807) is 6.07 Å². The third kappa shape index (κ3) is 4.72. The van der Waals surface area contributed by atoms with Crippen LogP contribution >= 0.6 is 11.8 Å². The molecule has 1 aromatic heterocycles. The molecule has 90 valence electrons. The van der Waals surface area contributed by atoms with Crippen LogP contribution in [0.15, 0.2) is 16.5 Å². The van der Waals surface area contributed by atoms with E-state index in [0.29, 0.717) is 12.3 Å². The fraction of sp³-hybridized carbons (Fsp3) is 0.545. The first kappa shape index (κ1) is 13.1. The van der Waals surface area contributed by atoms with E-state index in [2.05, 4.69) is 11.6 Å². The van der Waals surface area contributed by atoms with Gasteiger partial charge in [0, 0.05) is 0 Å². The normalized spacial score (nSPS) is 10.6. The number of aromatic carboxylic acids is 1. The van der Waals surface area contributed by atoms with E-state index in [1.807, 2.05) is 11.8 Å². The van der Waals surface area contributed by atoms with Gasteiger partial charge < -0.3 is 14.8 Å². The average Bonchev–Trinajstić information content (AvgIpc) is 2.72. The number of rotatable bonds is 8. The second kappa shape index (κ2) is 7.35. The van der Waals surface area contributed by atoms with E-state index in [1.165, 1.54) is 18.2 Å². The lowest BCUT2D eigenvalue weighted by molar-refractivity contribution is 0.0660. The number of carboxylic acid groups (broad SMARTS) is 1. The van der Waals surface area contributed by atoms with Gasteiger partial charge in [-0.15, -0.1) is 0 Å². The lowest BCUT2D eigenvalue weighted by Gasteiger charge is -2.01. The molecule has 4 nitrogen and oxygen atoms in total. The van der Waals surface area contributed by atoms with Crippen LogP contribution in [0.5, 0.6) is 0 Å². The van der Waals surface area contributed by atoms with Gasteiger partial charge in [0.1, 0.15) is 5.76 Å². The number of thioether (sulfide) groups is 1. The first-order valence-electron chi connectivity index (χ1n) is 5.25. The van der Waals surface area contributed by atoms with Crippen LogP contribution in [0.25, 0.3) is 0 Å². The molecular formula is C11H17NO3S. The summed E-state index contributed by atoms with van der Waals surface area (Å²) in [6.45, 7) is 1.52. The molecule has 0 saturated heterocycles. The van der Waals surface area contributed by atoms with Gasteiger partial charge in [0.2, 0.25) is 5.76 Å². The highest BCUT2D eigenvalue weighted by molar-refractivity contribution is 7.98. The molecule has 0 spiro atoms. The van der Waals surface area contributed by atoms with Crippen LogP contribution in [-0.2, 0) is 6.54 Å². The summed E-state index contributed by atoms with van der Waals surface area (Å²) in [6, 6.07) is 3.17. The van der Waals surface area contributed by atoms with Gasteiger partial charge in [-0.3, -0.25) is 0 Å². The maximum atomic E-state index is 10.5. The van der Waals surface area contributed by atoms with Crippen molar-refractivity contribution in [3.05, 3.63) is 23.7 Å². The number of nitrogens with one attached hydrogen (secondary N) is 1. The summed E-state index contributed by atoms with van der Waals surface area (Å²) in [4.78, 5) is 10.5. The molecule has 0 unspecified atom stereocenters. The highest BCUT2D eigenvalue weighted by atomic mass is 32.2. The molecule has 0 atom stereocenters. The van der Waals surface area contributed by atoms with E-state index in [9.17, 15) is 4.79 Å². The molecule has 0 aromatic carbocycles. The van der Waals surface area contributed by atoms with Crippen LogP contribution in [0.2, 0.25) is 0 Å². The van der Waals surface area contributed by atoms with Crippen LogP contribution in [-0.4, -0.2) is 29.6 Å². The van der Waals surface area contributed by atoms with Crippen molar-refractivity contribution in [2.75, 3.05) is 18.6 Å². The Labute approximate surface area is 99.4 Å². The minimum Gasteiger partial charge on any atom is -0.475 e. The Kier molecular flexibility index (Phi) is 6.03. The summed E-state index contributed by atoms with van der Waals surface area (Å²) in [5, 5.41) is 11.9. The quantitative estimate of drug-likeness (QED) is 0.685. The molecule has 0 fully saturated rings. The molecule has 2 N–H and O–H groups in total. The van der Waals surface area contributed by atoms with Crippen LogP contribution in [0, 0.1) is 0 Å². The van der Waals surface area contributed by atoms with E-state index in [4.69, 9.17) is 9.52 Å². The van der Waals surface area contributed by atoms with Crippen molar-refractivity contribution in [1.29, 1.82) is 0 Å². The van der Waals surface area contributed by atoms with E-state index >= 15 is 0 Å². The van der Waals surface area contributed by atoms with Crippen molar-refractivity contribution in [1.82, 2.24) is 5.32 Å². The molecule has 0 saturated carbocycles. The van der Waals surface area contributed by atoms with Crippen LogP contribution in [0.1, 0.15) is 29.2 Å². The molecule has 1 aromatic rings. The van der Waals surface area contributed by atoms with Gasteiger partial charge in [-0.1, -0.05) is 0 Å². The summed E-state index contributed by atoms with van der Waals surface area (Å²) in [7, 11) is 0. The second-order valence-corrected chi connectivity index (χ2v) is 4.43. The largest absolute Gasteiger partial charge is 0.475 e. The summed E-state index contributed by atoms with van der Waals surface area (Å²) in [5.74, 6) is 0.832. The summed E-state index contributed by atoms with van der Waals surface area (Å²) in [5.41, 5.74) is 0. The monoisotopic (exact) mass is 243 g/mol. The minimum atomic E-state index is -1.02. The number of hydrogen-bond acceptors (Lipinski definition) is 4. The lowest BCUT2D eigenvalue weighted by Crippen LogP contribution is -2.14. The lowest BCUT2D eigenvalue weighted by atomic mass is 10.3. The molecule has 0 aliphatic rings. The minimum absolute atomic E-state index is 0.000756. The molecule has 1 heterocycles. The predicted molar refractivity (Wildman–Crippen MR) is 65.0 cm³/mol. The summed E-state index contributed by atoms with van der Waals surface area (Å²) in [6.07, 6.45) is 4.43. The fourth-order valence-electron chi connectivity index (χ4n) is 1.30. The maximum absolute atomic E-state index is 10.5. The van der Waals surface area contributed by atoms with Gasteiger partial charge in [-0.2, -0.15) is 11.8 Å². The SMILES string of the molecule is CSCCCCNCc1ccc(C(=O)O)o1. The highest BCUT2D eigenvalue weighted by Crippen LogP contribution is 2.07. The van der Waals surface area contributed by atoms with E-state index in [0.717, 1.165) is 13.0 Å². The Balaban J connectivity index is 2.14. The maximum Gasteiger partial charge on any atom is 0.371 e. The molecular weight excluding hydrogens is 226 g/mol. The zero-order chi connectivity index (χ0) is 11.8. The van der Waals surface area contributed by atoms with Gasteiger partial charge in [0.05, 0.1) is 6.54 Å². The van der Waals surface area contributed by atoms with Crippen molar-refractivity contribution in [3.63, 3.8) is 0 Å². The summed E-state index contributed by atoms with van der Waals surface area (Å²) < 4.78 is 5.11. The first-order valence-corrected chi connectivity index (χ1v) is 6.65. The summed E-state index contributed by atoms with van der Waals surface area (Å²) >= 11 is 1.85. The molecule has 0 amide bonds. The first-order chi connectivity index (χ1) is 7.74. The third-order valence-electron chi connectivity index (χ3n) is 2.12. The van der Waals surface area contributed by atoms with E-state index < -0.39 is 5.97 Å². The van der Waals surface area contributed by atoms with Crippen molar-refractivity contribution >= 4 is 17.7 Å². The second-order valence-electron chi connectivity index (χ2n) is 3.45. The van der Waals surface area contributed by atoms with Gasteiger partial charge >= 0.3 is 5.97 Å². The number of hydrogen-bond donors (Lipinski definition) is 2. The standard InChI is InChI=1S/C11H17NO3S/c1-16-7-3-2-6-12-8-9-4-5-10(15-9)11(13)14/h4-5,12H,2-3,6-8H2,1H3,(H,13,14). The molecule has 5 heteroatoms. The molecule has 0 aliphatic heterocycles. The van der Waals surface area contributed by atoms with Crippen molar-refractivity contribution in [2.24, 2.45) is 0 Å². The Morgan fingerprint density at radius 1 is 1.50 bits per heavy atom. The number of unbranched alkanes of at least 4 members (excludes halogenated alkanes) is 1. The van der Waals surface area contributed by atoms with Crippen molar-refractivity contribution in [3.8, 4) is 0 Å². The zero-order valence-corrected chi connectivity index (χ0v) is 10.2. The fourth-order valence-corrected chi connectivity index (χ4v) is 1.79. The Morgan fingerprint density at radius 2 is 2.31 bits per heavy atom. The van der Waals surface area contributed by atoms with Gasteiger partial charge in [-0.05, 0) is 43.5 Å². The van der Waals surface area contributed by atoms with Crippen LogP contribution in [0.3, 0.4) is 0 Å². The third-order valence-corrected chi connectivity index (χ3v) is 2.82. The molecule has 0 aliphatic carbocycles. The zero-order valence-electron chi connectivity index (χ0n) is 9.36. The molecule has 1 rings (SSSR count). The van der Waals surface area contributed by atoms with Gasteiger partial charge in [0.15, 0.2) is 0 Å². The molecule has 0 bridgehead atoms. The molecule has 0 radical (unpaired) electrons. The van der Waals surface area contributed by atoms with Gasteiger partial charge in [0.25, 0.3) is 0 Å². The number of furan rings is 1. The van der Waals surface area contributed by atoms with Crippen LogP contribution < -0.4 is 5.32 Å². The van der Waals surface area contributed by atoms with E-state index in [-0.39, 0.29) is 5.76 Å². The smallest absolute Gasteiger partial charge is 0.371 e. The average molecular weight is 243 g/mol. The molecule has 16 heavy (non-hydrogen) atoms. The van der Waals surface area contributed by atoms with Crippen molar-refractivity contribution < 1.29 is 14.3 Å². The van der Waals surface area contributed by atoms with Crippen LogP contribution in [0.4, 0.5) is 0 Å². The Bertz CT molecular complexity index is 325. The Hall–Kier alpha value is -0.940. The van der Waals surface area contributed by atoms with Gasteiger partial charge in [-0.25, -0.2) is 4.79 Å².